The number of aryl methyl sites for hydroxylation is 1. The third-order valence-electron chi connectivity index (χ3n) is 2.59. The van der Waals surface area contributed by atoms with Gasteiger partial charge in [-0.3, -0.25) is 4.68 Å². The molecule has 0 amide bonds. The van der Waals surface area contributed by atoms with Crippen molar-refractivity contribution in [1.82, 2.24) is 15.1 Å². The van der Waals surface area contributed by atoms with Gasteiger partial charge in [0.15, 0.2) is 0 Å². The molecule has 0 aliphatic carbocycles. The summed E-state index contributed by atoms with van der Waals surface area (Å²) < 4.78 is 1.85. The Hall–Kier alpha value is -1.09. The van der Waals surface area contributed by atoms with E-state index < -0.39 is 0 Å². The quantitative estimate of drug-likeness (QED) is 0.512. The fraction of sp³-hybridized carbons (Fsp3) is 0.615. The van der Waals surface area contributed by atoms with Crippen LogP contribution >= 0.6 is 0 Å². The van der Waals surface area contributed by atoms with Crippen LogP contribution in [0, 0.1) is 0 Å². The van der Waals surface area contributed by atoms with Gasteiger partial charge >= 0.3 is 0 Å². The molecule has 0 radical (unpaired) electrons. The normalized spacial score (nSPS) is 10.6. The predicted octanol–water partition coefficient (Wildman–Crippen LogP) is 2.30. The van der Waals surface area contributed by atoms with Gasteiger partial charge in [0.1, 0.15) is 0 Å². The van der Waals surface area contributed by atoms with E-state index in [2.05, 4.69) is 23.1 Å². The zero-order valence-corrected chi connectivity index (χ0v) is 10.3. The van der Waals surface area contributed by atoms with Crippen molar-refractivity contribution in [3.8, 4) is 0 Å². The maximum absolute atomic E-state index is 4.33. The van der Waals surface area contributed by atoms with Crippen LogP contribution in [0.5, 0.6) is 0 Å². The lowest BCUT2D eigenvalue weighted by atomic mass is 10.2. The fourth-order valence-corrected chi connectivity index (χ4v) is 1.65. The number of nitrogens with one attached hydrogen (secondary N) is 1. The molecule has 0 unspecified atom stereocenters. The van der Waals surface area contributed by atoms with E-state index in [1.165, 1.54) is 25.0 Å². The summed E-state index contributed by atoms with van der Waals surface area (Å²) >= 11 is 0. The summed E-state index contributed by atoms with van der Waals surface area (Å²) in [6.45, 7) is 5.86. The molecule has 0 spiro atoms. The highest BCUT2D eigenvalue weighted by molar-refractivity contribution is 4.98. The topological polar surface area (TPSA) is 29.9 Å². The third-order valence-corrected chi connectivity index (χ3v) is 2.59. The number of aromatic nitrogens is 2. The van der Waals surface area contributed by atoms with Crippen molar-refractivity contribution < 1.29 is 0 Å². The van der Waals surface area contributed by atoms with Crippen LogP contribution in [0.2, 0.25) is 0 Å². The number of hydrogen-bond donors (Lipinski definition) is 1. The van der Waals surface area contributed by atoms with Gasteiger partial charge < -0.3 is 5.32 Å². The number of rotatable bonds is 9. The van der Waals surface area contributed by atoms with Crippen LogP contribution in [0.1, 0.15) is 31.4 Å². The van der Waals surface area contributed by atoms with Gasteiger partial charge in [0.2, 0.25) is 0 Å². The number of nitrogens with zero attached hydrogens (tertiary/aromatic N) is 2. The Balaban J connectivity index is 1.90. The van der Waals surface area contributed by atoms with Crippen molar-refractivity contribution in [1.29, 1.82) is 0 Å². The van der Waals surface area contributed by atoms with Crippen molar-refractivity contribution in [2.24, 2.45) is 7.05 Å². The van der Waals surface area contributed by atoms with Gasteiger partial charge in [-0.05, 0) is 31.9 Å². The van der Waals surface area contributed by atoms with Gasteiger partial charge in [-0.1, -0.05) is 12.5 Å². The van der Waals surface area contributed by atoms with Crippen LogP contribution in [0.25, 0.3) is 0 Å². The molecule has 0 fully saturated rings. The first-order chi connectivity index (χ1) is 7.83. The molecule has 1 aromatic heterocycles. The standard InChI is InChI=1S/C13H23N3/c1-3-4-5-6-7-10-14-11-8-13-9-12-16(2)15-13/h3,9,12,14H,1,4-8,10-11H2,2H3. The van der Waals surface area contributed by atoms with Crippen LogP contribution in [-0.2, 0) is 13.5 Å². The monoisotopic (exact) mass is 221 g/mol. The van der Waals surface area contributed by atoms with E-state index in [4.69, 9.17) is 0 Å². The van der Waals surface area contributed by atoms with Crippen molar-refractivity contribution >= 4 is 0 Å². The van der Waals surface area contributed by atoms with Gasteiger partial charge in [-0.15, -0.1) is 6.58 Å². The molecular weight excluding hydrogens is 198 g/mol. The molecule has 0 atom stereocenters. The molecule has 0 saturated carbocycles. The number of allylic oxidation sites excluding steroid dienone is 1. The minimum absolute atomic E-state index is 1.02. The molecule has 16 heavy (non-hydrogen) atoms. The zero-order valence-electron chi connectivity index (χ0n) is 10.3. The van der Waals surface area contributed by atoms with Gasteiger partial charge in [0, 0.05) is 26.2 Å². The highest BCUT2D eigenvalue weighted by Gasteiger charge is 1.95. The molecule has 0 aromatic carbocycles. The highest BCUT2D eigenvalue weighted by atomic mass is 15.2. The van der Waals surface area contributed by atoms with Crippen LogP contribution in [0.15, 0.2) is 24.9 Å². The lowest BCUT2D eigenvalue weighted by Gasteiger charge is -2.02. The van der Waals surface area contributed by atoms with Crippen molar-refractivity contribution in [3.05, 3.63) is 30.6 Å². The molecule has 0 bridgehead atoms. The third kappa shape index (κ3) is 5.71. The summed E-state index contributed by atoms with van der Waals surface area (Å²) in [5, 5.41) is 7.78. The Bertz CT molecular complexity index is 291. The van der Waals surface area contributed by atoms with E-state index in [-0.39, 0.29) is 0 Å². The average molecular weight is 221 g/mol. The minimum Gasteiger partial charge on any atom is -0.316 e. The molecule has 1 heterocycles. The Morgan fingerprint density at radius 2 is 2.25 bits per heavy atom. The number of unbranched alkanes of at least 4 members (excludes halogenated alkanes) is 3. The summed E-state index contributed by atoms with van der Waals surface area (Å²) in [5.41, 5.74) is 1.17. The van der Waals surface area contributed by atoms with E-state index in [1.54, 1.807) is 0 Å². The minimum atomic E-state index is 1.02. The van der Waals surface area contributed by atoms with E-state index in [1.807, 2.05) is 24.0 Å². The van der Waals surface area contributed by atoms with Gasteiger partial charge in [-0.25, -0.2) is 0 Å². The first-order valence-corrected chi connectivity index (χ1v) is 6.13. The van der Waals surface area contributed by atoms with Crippen LogP contribution in [-0.4, -0.2) is 22.9 Å². The Morgan fingerprint density at radius 3 is 2.94 bits per heavy atom. The summed E-state index contributed by atoms with van der Waals surface area (Å²) in [4.78, 5) is 0. The molecule has 1 N–H and O–H groups in total. The van der Waals surface area contributed by atoms with Crippen LogP contribution < -0.4 is 5.32 Å². The second-order valence-corrected chi connectivity index (χ2v) is 4.12. The van der Waals surface area contributed by atoms with E-state index in [0.29, 0.717) is 0 Å². The van der Waals surface area contributed by atoms with Crippen molar-refractivity contribution in [3.63, 3.8) is 0 Å². The largest absolute Gasteiger partial charge is 0.316 e. The highest BCUT2D eigenvalue weighted by Crippen LogP contribution is 1.99. The van der Waals surface area contributed by atoms with Crippen LogP contribution in [0.3, 0.4) is 0 Å². The first-order valence-electron chi connectivity index (χ1n) is 6.13. The molecule has 1 aromatic rings. The molecule has 0 aliphatic heterocycles. The van der Waals surface area contributed by atoms with E-state index >= 15 is 0 Å². The Labute approximate surface area is 98.5 Å². The van der Waals surface area contributed by atoms with E-state index in [9.17, 15) is 0 Å². The summed E-state index contributed by atoms with van der Waals surface area (Å²) in [5.74, 6) is 0. The van der Waals surface area contributed by atoms with Gasteiger partial charge in [-0.2, -0.15) is 5.10 Å². The molecule has 1 rings (SSSR count). The molecule has 3 nitrogen and oxygen atoms in total. The van der Waals surface area contributed by atoms with Gasteiger partial charge in [0.25, 0.3) is 0 Å². The second-order valence-electron chi connectivity index (χ2n) is 4.12. The Kier molecular flexibility index (Phi) is 6.58. The summed E-state index contributed by atoms with van der Waals surface area (Å²) in [6.07, 6.45) is 9.98. The maximum Gasteiger partial charge on any atom is 0.0637 e. The molecule has 0 saturated heterocycles. The fourth-order valence-electron chi connectivity index (χ4n) is 1.65. The van der Waals surface area contributed by atoms with Crippen molar-refractivity contribution in [2.45, 2.75) is 32.1 Å². The lowest BCUT2D eigenvalue weighted by molar-refractivity contribution is 0.601. The predicted molar refractivity (Wildman–Crippen MR) is 68.4 cm³/mol. The number of hydrogen-bond acceptors (Lipinski definition) is 2. The SMILES string of the molecule is C=CCCCCCNCCc1ccn(C)n1. The van der Waals surface area contributed by atoms with Crippen LogP contribution in [0.4, 0.5) is 0 Å². The molecule has 3 heteroatoms. The smallest absolute Gasteiger partial charge is 0.0637 e. The van der Waals surface area contributed by atoms with E-state index in [0.717, 1.165) is 25.9 Å². The van der Waals surface area contributed by atoms with Gasteiger partial charge in [0.05, 0.1) is 5.69 Å². The molecule has 90 valence electrons. The average Bonchev–Trinajstić information content (AvgIpc) is 2.68. The first kappa shape index (κ1) is 13.0. The summed E-state index contributed by atoms with van der Waals surface area (Å²) in [7, 11) is 1.95. The molecule has 0 aliphatic rings. The lowest BCUT2D eigenvalue weighted by Crippen LogP contribution is -2.18. The van der Waals surface area contributed by atoms with Crippen molar-refractivity contribution in [2.75, 3.05) is 13.1 Å². The zero-order chi connectivity index (χ0) is 11.6. The Morgan fingerprint density at radius 1 is 1.38 bits per heavy atom. The second kappa shape index (κ2) is 8.11. The molecular formula is C13H23N3. The maximum atomic E-state index is 4.33. The summed E-state index contributed by atoms with van der Waals surface area (Å²) in [6, 6.07) is 2.08.